The lowest BCUT2D eigenvalue weighted by atomic mass is 10.0. The summed E-state index contributed by atoms with van der Waals surface area (Å²) >= 11 is 12.3. The number of alkyl halides is 1. The zero-order chi connectivity index (χ0) is 27.8. The Kier molecular flexibility index (Phi) is 7.12. The number of amides is 1. The van der Waals surface area contributed by atoms with Crippen molar-refractivity contribution in [3.63, 3.8) is 0 Å². The van der Waals surface area contributed by atoms with Crippen LogP contribution >= 0.6 is 23.2 Å². The fourth-order valence-corrected chi connectivity index (χ4v) is 4.87. The number of ether oxygens (including phenoxy) is 1. The summed E-state index contributed by atoms with van der Waals surface area (Å²) in [5.74, 6) is -2.98. The summed E-state index contributed by atoms with van der Waals surface area (Å²) in [6.45, 7) is 0. The number of imidazole rings is 1. The third-order valence-electron chi connectivity index (χ3n) is 6.25. The molecule has 0 aliphatic carbocycles. The van der Waals surface area contributed by atoms with Gasteiger partial charge >= 0.3 is 0 Å². The number of aromatic nitrogens is 3. The van der Waals surface area contributed by atoms with E-state index in [1.165, 1.54) is 13.2 Å². The van der Waals surface area contributed by atoms with Gasteiger partial charge in [0.25, 0.3) is 0 Å². The molecule has 0 radical (unpaired) electrons. The van der Waals surface area contributed by atoms with Gasteiger partial charge in [0.2, 0.25) is 11.7 Å². The molecule has 5 rings (SSSR count). The minimum absolute atomic E-state index is 0.0650. The molecule has 1 amide bonds. The lowest BCUT2D eigenvalue weighted by molar-refractivity contribution is -0.112. The van der Waals surface area contributed by atoms with E-state index in [9.17, 15) is 18.4 Å². The van der Waals surface area contributed by atoms with Crippen molar-refractivity contribution in [1.82, 2.24) is 14.0 Å². The number of carbonyl (C=O) groups is 2. The van der Waals surface area contributed by atoms with Crippen LogP contribution in [-0.2, 0) is 11.8 Å². The number of methoxy groups -OCH3 is 1. The van der Waals surface area contributed by atoms with Gasteiger partial charge in [0.15, 0.2) is 0 Å². The molecule has 0 fully saturated rings. The number of nitrogens with zero attached hydrogens (tertiary/aromatic N) is 3. The summed E-state index contributed by atoms with van der Waals surface area (Å²) in [5.41, 5.74) is 2.54. The van der Waals surface area contributed by atoms with E-state index in [1.54, 1.807) is 35.1 Å². The van der Waals surface area contributed by atoms with Gasteiger partial charge in [-0.25, -0.2) is 13.8 Å². The number of pyridine rings is 1. The Balaban J connectivity index is 1.57. The fraction of sp³-hybridized carbons (Fsp3) is 0.107. The molecule has 39 heavy (non-hydrogen) atoms. The topological polar surface area (TPSA) is 77.6 Å². The van der Waals surface area contributed by atoms with Gasteiger partial charge in [-0.15, -0.1) is 11.6 Å². The average Bonchev–Trinajstić information content (AvgIpc) is 3.52. The predicted molar refractivity (Wildman–Crippen MR) is 147 cm³/mol. The Labute approximate surface area is 231 Å². The number of fused-ring (bicyclic) bond motifs is 2. The number of benzene rings is 2. The van der Waals surface area contributed by atoms with E-state index in [4.69, 9.17) is 27.9 Å². The summed E-state index contributed by atoms with van der Waals surface area (Å²) in [5, 5.41) is 2.50. The second kappa shape index (κ2) is 10.5. The molecule has 7 nitrogen and oxygen atoms in total. The van der Waals surface area contributed by atoms with Crippen molar-refractivity contribution in [2.24, 2.45) is 7.05 Å². The van der Waals surface area contributed by atoms with Gasteiger partial charge in [-0.05, 0) is 30.3 Å². The second-order valence-electron chi connectivity index (χ2n) is 8.58. The molecule has 198 valence electrons. The minimum Gasteiger partial charge on any atom is -0.496 e. The summed E-state index contributed by atoms with van der Waals surface area (Å²) < 4.78 is 38.6. The number of anilines is 1. The van der Waals surface area contributed by atoms with E-state index in [0.29, 0.717) is 32.9 Å². The molecule has 0 unspecified atom stereocenters. The quantitative estimate of drug-likeness (QED) is 0.140. The van der Waals surface area contributed by atoms with Gasteiger partial charge in [0.1, 0.15) is 28.6 Å². The molecule has 0 bridgehead atoms. The maximum Gasteiger partial charge on any atom is 0.248 e. The summed E-state index contributed by atoms with van der Waals surface area (Å²) in [6.07, 6.45) is 5.70. The molecule has 0 spiro atoms. The van der Waals surface area contributed by atoms with Crippen molar-refractivity contribution in [3.05, 3.63) is 95.1 Å². The number of hydrogen-bond donors (Lipinski definition) is 1. The first-order valence-corrected chi connectivity index (χ1v) is 12.5. The zero-order valence-electron chi connectivity index (χ0n) is 20.6. The number of carbonyl (C=O) groups excluding carboxylic acids is 2. The van der Waals surface area contributed by atoms with Crippen molar-refractivity contribution in [2.75, 3.05) is 18.3 Å². The maximum absolute atomic E-state index is 14.8. The number of allylic oxidation sites excluding steroid dienone is 1. The average molecular weight is 569 g/mol. The molecule has 0 aliphatic heterocycles. The first kappa shape index (κ1) is 26.4. The Morgan fingerprint density at radius 1 is 1.13 bits per heavy atom. The van der Waals surface area contributed by atoms with E-state index < -0.39 is 29.0 Å². The van der Waals surface area contributed by atoms with Gasteiger partial charge in [0.05, 0.1) is 35.2 Å². The number of nitrogens with one attached hydrogen (secondary N) is 1. The van der Waals surface area contributed by atoms with Crippen LogP contribution in [0, 0.1) is 11.6 Å². The number of aryl methyl sites for hydroxylation is 1. The molecule has 0 saturated carbocycles. The highest BCUT2D eigenvalue weighted by Crippen LogP contribution is 2.43. The molecule has 11 heteroatoms. The van der Waals surface area contributed by atoms with Crippen molar-refractivity contribution in [1.29, 1.82) is 0 Å². The second-order valence-corrected chi connectivity index (χ2v) is 9.26. The summed E-state index contributed by atoms with van der Waals surface area (Å²) in [7, 11) is 3.38. The maximum atomic E-state index is 14.8. The summed E-state index contributed by atoms with van der Waals surface area (Å²) in [6, 6.07) is 10.4. The SMILES string of the molecule is COc1cc2c(ncn2C)c(Cl)c1-c1cccn2c(C(=O)c3cc(F)c(NC(=O)/C=C/CCl)c(F)c3)ccc12. The first-order valence-electron chi connectivity index (χ1n) is 11.6. The smallest absolute Gasteiger partial charge is 0.248 e. The van der Waals surface area contributed by atoms with Gasteiger partial charge in [-0.1, -0.05) is 23.7 Å². The largest absolute Gasteiger partial charge is 0.496 e. The Hall–Kier alpha value is -4.21. The molecule has 5 aromatic rings. The molecular formula is C28H20Cl2F2N4O3. The third-order valence-corrected chi connectivity index (χ3v) is 6.80. The van der Waals surface area contributed by atoms with Crippen LogP contribution in [0.15, 0.2) is 67.1 Å². The lowest BCUT2D eigenvalue weighted by Crippen LogP contribution is -2.13. The van der Waals surface area contributed by atoms with Crippen molar-refractivity contribution >= 4 is 57.1 Å². The lowest BCUT2D eigenvalue weighted by Gasteiger charge is -2.14. The Bertz CT molecular complexity index is 1790. The zero-order valence-corrected chi connectivity index (χ0v) is 22.1. The van der Waals surface area contributed by atoms with E-state index >= 15 is 0 Å². The highest BCUT2D eigenvalue weighted by Gasteiger charge is 2.23. The van der Waals surface area contributed by atoms with Gasteiger partial charge in [0, 0.05) is 48.0 Å². The monoisotopic (exact) mass is 568 g/mol. The van der Waals surface area contributed by atoms with Crippen molar-refractivity contribution in [2.45, 2.75) is 0 Å². The van der Waals surface area contributed by atoms with Crippen LogP contribution in [0.3, 0.4) is 0 Å². The van der Waals surface area contributed by atoms with Crippen LogP contribution in [0.2, 0.25) is 5.02 Å². The number of rotatable bonds is 7. The number of halogens is 4. The van der Waals surface area contributed by atoms with Crippen LogP contribution in [0.4, 0.5) is 14.5 Å². The van der Waals surface area contributed by atoms with E-state index in [0.717, 1.165) is 23.7 Å². The highest BCUT2D eigenvalue weighted by molar-refractivity contribution is 6.38. The molecule has 3 aromatic heterocycles. The Morgan fingerprint density at radius 2 is 1.87 bits per heavy atom. The molecule has 0 atom stereocenters. The summed E-state index contributed by atoms with van der Waals surface area (Å²) in [4.78, 5) is 29.6. The fourth-order valence-electron chi connectivity index (χ4n) is 4.44. The standard InChI is InChI=1S/C28H20Cl2F2N4O3/c1-35-14-33-27-21(35)13-22(39-2)24(25(27)30)16-5-4-10-36-19(16)7-8-20(36)28(38)15-11-17(31)26(18(32)12-15)34-23(37)6-3-9-29/h3-8,10-14H,9H2,1-2H3,(H,34,37)/b6-3+. The van der Waals surface area contributed by atoms with Crippen LogP contribution < -0.4 is 10.1 Å². The van der Waals surface area contributed by atoms with Gasteiger partial charge in [-0.3, -0.25) is 9.59 Å². The van der Waals surface area contributed by atoms with E-state index in [2.05, 4.69) is 10.3 Å². The molecule has 0 saturated heterocycles. The number of ketones is 1. The molecule has 0 aliphatic rings. The molecular weight excluding hydrogens is 549 g/mol. The van der Waals surface area contributed by atoms with Crippen LogP contribution in [0.5, 0.6) is 5.75 Å². The Morgan fingerprint density at radius 3 is 2.56 bits per heavy atom. The van der Waals surface area contributed by atoms with Crippen LogP contribution in [-0.4, -0.2) is 38.6 Å². The first-order chi connectivity index (χ1) is 18.7. The van der Waals surface area contributed by atoms with Gasteiger partial charge in [-0.2, -0.15) is 0 Å². The van der Waals surface area contributed by atoms with Crippen molar-refractivity contribution in [3.8, 4) is 16.9 Å². The predicted octanol–water partition coefficient (Wildman–Crippen LogP) is 6.40. The van der Waals surface area contributed by atoms with Crippen LogP contribution in [0.1, 0.15) is 16.1 Å². The normalized spacial score (nSPS) is 11.5. The third kappa shape index (κ3) is 4.64. The van der Waals surface area contributed by atoms with E-state index in [-0.39, 0.29) is 17.1 Å². The van der Waals surface area contributed by atoms with Gasteiger partial charge < -0.3 is 19.0 Å². The molecule has 3 heterocycles. The number of hydrogen-bond acceptors (Lipinski definition) is 4. The van der Waals surface area contributed by atoms with E-state index in [1.807, 2.05) is 23.7 Å². The highest BCUT2D eigenvalue weighted by atomic mass is 35.5. The van der Waals surface area contributed by atoms with Crippen molar-refractivity contribution < 1.29 is 23.1 Å². The van der Waals surface area contributed by atoms with Crippen LogP contribution in [0.25, 0.3) is 27.7 Å². The molecule has 2 aromatic carbocycles. The molecule has 1 N–H and O–H groups in total. The minimum atomic E-state index is -1.09.